The molecule has 0 fully saturated rings. The van der Waals surface area contributed by atoms with Crippen LogP contribution in [0, 0.1) is 0 Å². The second-order valence-corrected chi connectivity index (χ2v) is 8.32. The average molecular weight is 398 g/mol. The van der Waals surface area contributed by atoms with E-state index in [0.717, 1.165) is 23.6 Å². The molecule has 0 aliphatic rings. The van der Waals surface area contributed by atoms with Crippen LogP contribution in [0.2, 0.25) is 0 Å². The molecular formula is C13H13F3N2O5S2. The molecule has 0 radical (unpaired) electrons. The number of ether oxygens (including phenoxy) is 1. The van der Waals surface area contributed by atoms with Crippen LogP contribution in [0.25, 0.3) is 10.2 Å². The lowest BCUT2D eigenvalue weighted by atomic mass is 10.2. The van der Waals surface area contributed by atoms with Gasteiger partial charge in [-0.3, -0.25) is 5.32 Å². The number of anilines is 1. The van der Waals surface area contributed by atoms with Crippen LogP contribution in [0.15, 0.2) is 18.3 Å². The Balaban J connectivity index is 2.31. The number of alkyl halides is 3. The highest BCUT2D eigenvalue weighted by atomic mass is 32.2. The summed E-state index contributed by atoms with van der Waals surface area (Å²) in [5, 5.41) is 2.61. The van der Waals surface area contributed by atoms with E-state index in [0.29, 0.717) is 0 Å². The molecule has 0 saturated carbocycles. The number of rotatable bonds is 3. The van der Waals surface area contributed by atoms with Crippen LogP contribution in [0.5, 0.6) is 5.75 Å². The van der Waals surface area contributed by atoms with Gasteiger partial charge in [0.15, 0.2) is 5.75 Å². The molecule has 0 aliphatic heterocycles. The van der Waals surface area contributed by atoms with Gasteiger partial charge < -0.3 is 8.92 Å². The zero-order valence-electron chi connectivity index (χ0n) is 13.2. The third-order valence-electron chi connectivity index (χ3n) is 2.50. The number of amides is 1. The Bertz CT molecular complexity index is 901. The number of hydrogen-bond acceptors (Lipinski definition) is 7. The lowest BCUT2D eigenvalue weighted by Crippen LogP contribution is -2.28. The molecule has 0 saturated heterocycles. The number of carbonyl (C=O) groups is 1. The molecule has 0 aliphatic carbocycles. The van der Waals surface area contributed by atoms with Gasteiger partial charge in [0.05, 0.1) is 5.39 Å². The molecule has 12 heteroatoms. The van der Waals surface area contributed by atoms with Gasteiger partial charge in [0.25, 0.3) is 0 Å². The molecule has 2 aromatic rings. The second-order valence-electron chi connectivity index (χ2n) is 5.75. The quantitative estimate of drug-likeness (QED) is 0.623. The summed E-state index contributed by atoms with van der Waals surface area (Å²) in [6.07, 6.45) is 0.321. The van der Waals surface area contributed by atoms with Crippen LogP contribution < -0.4 is 9.50 Å². The predicted octanol–water partition coefficient (Wildman–Crippen LogP) is 3.87. The van der Waals surface area contributed by atoms with Crippen molar-refractivity contribution in [2.45, 2.75) is 31.9 Å². The molecular weight excluding hydrogens is 385 g/mol. The van der Waals surface area contributed by atoms with Crippen molar-refractivity contribution < 1.29 is 35.3 Å². The van der Waals surface area contributed by atoms with Gasteiger partial charge in [0.1, 0.15) is 15.4 Å². The number of aromatic nitrogens is 1. The summed E-state index contributed by atoms with van der Waals surface area (Å²) >= 11 is 0.920. The van der Waals surface area contributed by atoms with Crippen molar-refractivity contribution in [2.24, 2.45) is 0 Å². The minimum Gasteiger partial charge on any atom is -0.444 e. The SMILES string of the molecule is CC(C)(C)OC(=O)Nc1cc2c(OS(=O)(=O)C(F)(F)F)ccnc2s1. The zero-order valence-corrected chi connectivity index (χ0v) is 14.8. The number of fused-ring (bicyclic) bond motifs is 1. The van der Waals surface area contributed by atoms with Crippen LogP contribution in [0.1, 0.15) is 20.8 Å². The first-order chi connectivity index (χ1) is 11.3. The maximum absolute atomic E-state index is 12.5. The Morgan fingerprint density at radius 2 is 1.92 bits per heavy atom. The van der Waals surface area contributed by atoms with Gasteiger partial charge in [-0.25, -0.2) is 9.78 Å². The van der Waals surface area contributed by atoms with Crippen LogP contribution in [-0.2, 0) is 14.9 Å². The van der Waals surface area contributed by atoms with E-state index in [1.165, 1.54) is 6.07 Å². The molecule has 0 bridgehead atoms. The fourth-order valence-electron chi connectivity index (χ4n) is 1.62. The first-order valence-corrected chi connectivity index (χ1v) is 8.90. The van der Waals surface area contributed by atoms with Crippen LogP contribution in [-0.4, -0.2) is 30.6 Å². The van der Waals surface area contributed by atoms with Gasteiger partial charge in [0, 0.05) is 12.3 Å². The Morgan fingerprint density at radius 3 is 2.48 bits per heavy atom. The maximum atomic E-state index is 12.5. The molecule has 25 heavy (non-hydrogen) atoms. The van der Waals surface area contributed by atoms with Crippen molar-refractivity contribution in [1.29, 1.82) is 0 Å². The summed E-state index contributed by atoms with van der Waals surface area (Å²) in [4.78, 5) is 15.8. The lowest BCUT2D eigenvalue weighted by Gasteiger charge is -2.19. The summed E-state index contributed by atoms with van der Waals surface area (Å²) in [6, 6.07) is 2.23. The number of nitrogens with zero attached hydrogens (tertiary/aromatic N) is 1. The molecule has 7 nitrogen and oxygen atoms in total. The number of thiophene rings is 1. The molecule has 2 aromatic heterocycles. The molecule has 0 atom stereocenters. The van der Waals surface area contributed by atoms with E-state index >= 15 is 0 Å². The highest BCUT2D eigenvalue weighted by Crippen LogP contribution is 2.36. The fraction of sp³-hybridized carbons (Fsp3) is 0.385. The fourth-order valence-corrected chi connectivity index (χ4v) is 3.00. The Morgan fingerprint density at radius 1 is 1.28 bits per heavy atom. The van der Waals surface area contributed by atoms with Crippen LogP contribution in [0.4, 0.5) is 23.0 Å². The van der Waals surface area contributed by atoms with Gasteiger partial charge in [-0.1, -0.05) is 11.3 Å². The Kier molecular flexibility index (Phi) is 4.88. The highest BCUT2D eigenvalue weighted by molar-refractivity contribution is 7.88. The predicted molar refractivity (Wildman–Crippen MR) is 85.1 cm³/mol. The molecule has 0 unspecified atom stereocenters. The van der Waals surface area contributed by atoms with E-state index in [1.807, 2.05) is 0 Å². The third kappa shape index (κ3) is 4.72. The van der Waals surface area contributed by atoms with Gasteiger partial charge in [-0.2, -0.15) is 21.6 Å². The van der Waals surface area contributed by atoms with Crippen molar-refractivity contribution >= 4 is 42.8 Å². The normalized spacial score (nSPS) is 12.9. The topological polar surface area (TPSA) is 94.6 Å². The average Bonchev–Trinajstić information content (AvgIpc) is 2.77. The smallest absolute Gasteiger partial charge is 0.444 e. The van der Waals surface area contributed by atoms with Gasteiger partial charge in [-0.05, 0) is 26.8 Å². The van der Waals surface area contributed by atoms with E-state index in [4.69, 9.17) is 4.74 Å². The first kappa shape index (κ1) is 19.2. The van der Waals surface area contributed by atoms with Crippen molar-refractivity contribution in [1.82, 2.24) is 4.98 Å². The van der Waals surface area contributed by atoms with Crippen LogP contribution in [0.3, 0.4) is 0 Å². The van der Waals surface area contributed by atoms with Crippen molar-refractivity contribution in [3.05, 3.63) is 18.3 Å². The van der Waals surface area contributed by atoms with E-state index < -0.39 is 33.1 Å². The molecule has 0 spiro atoms. The third-order valence-corrected chi connectivity index (χ3v) is 4.43. The monoisotopic (exact) mass is 398 g/mol. The zero-order chi connectivity index (χ0) is 19.0. The van der Waals surface area contributed by atoms with Crippen molar-refractivity contribution in [3.63, 3.8) is 0 Å². The van der Waals surface area contributed by atoms with Gasteiger partial charge in [0.2, 0.25) is 0 Å². The number of nitrogens with one attached hydrogen (secondary N) is 1. The van der Waals surface area contributed by atoms with Gasteiger partial charge >= 0.3 is 21.7 Å². The summed E-state index contributed by atoms with van der Waals surface area (Å²) in [6.45, 7) is 4.98. The molecule has 138 valence electrons. The summed E-state index contributed by atoms with van der Waals surface area (Å²) < 4.78 is 68.9. The summed E-state index contributed by atoms with van der Waals surface area (Å²) in [5.41, 5.74) is -6.30. The minimum absolute atomic E-state index is 0.00591. The number of hydrogen-bond donors (Lipinski definition) is 1. The largest absolute Gasteiger partial charge is 0.534 e. The Labute approximate surface area is 144 Å². The van der Waals surface area contributed by atoms with E-state index in [1.54, 1.807) is 20.8 Å². The maximum Gasteiger partial charge on any atom is 0.534 e. The van der Waals surface area contributed by atoms with Crippen molar-refractivity contribution in [3.8, 4) is 5.75 Å². The molecule has 0 aromatic carbocycles. The number of carbonyl (C=O) groups excluding carboxylic acids is 1. The molecule has 1 amide bonds. The molecule has 2 heterocycles. The molecule has 1 N–H and O–H groups in total. The van der Waals surface area contributed by atoms with E-state index in [-0.39, 0.29) is 15.2 Å². The summed E-state index contributed by atoms with van der Waals surface area (Å²) in [5.74, 6) is -0.546. The second kappa shape index (κ2) is 6.33. The van der Waals surface area contributed by atoms with Gasteiger partial charge in [-0.15, -0.1) is 0 Å². The first-order valence-electron chi connectivity index (χ1n) is 6.68. The highest BCUT2D eigenvalue weighted by Gasteiger charge is 2.48. The van der Waals surface area contributed by atoms with E-state index in [9.17, 15) is 26.4 Å². The Hall–Kier alpha value is -2.08. The lowest BCUT2D eigenvalue weighted by molar-refractivity contribution is -0.0499. The standard InChI is InChI=1S/C13H13F3N2O5S2/c1-12(2,3)22-11(19)18-9-6-7-8(4-5-17-10(7)24-9)23-25(20,21)13(14,15)16/h4-6H,1-3H3,(H,18,19). The molecule has 2 rings (SSSR count). The van der Waals surface area contributed by atoms with Crippen LogP contribution >= 0.6 is 11.3 Å². The number of halogens is 3. The van der Waals surface area contributed by atoms with Crippen molar-refractivity contribution in [2.75, 3.05) is 5.32 Å². The summed E-state index contributed by atoms with van der Waals surface area (Å²) in [7, 11) is -5.82. The minimum atomic E-state index is -5.82. The van der Waals surface area contributed by atoms with E-state index in [2.05, 4.69) is 14.5 Å². The number of pyridine rings is 1.